The first-order valence-corrected chi connectivity index (χ1v) is 7.48. The summed E-state index contributed by atoms with van der Waals surface area (Å²) in [6, 6.07) is 1.84. The topological polar surface area (TPSA) is 68.0 Å². The van der Waals surface area contributed by atoms with Crippen LogP contribution in [0, 0.1) is 17.8 Å². The van der Waals surface area contributed by atoms with Crippen LogP contribution in [0.15, 0.2) is 18.5 Å². The molecule has 21 heavy (non-hydrogen) atoms. The SMILES string of the molecule is CC(C)CCCC(C)NC(=O)c1ccncc1C#CCN. The number of rotatable bonds is 6. The number of hydrogen-bond acceptors (Lipinski definition) is 3. The number of nitrogens with one attached hydrogen (secondary N) is 1. The molecule has 3 N–H and O–H groups in total. The quantitative estimate of drug-likeness (QED) is 0.789. The van der Waals surface area contributed by atoms with E-state index >= 15 is 0 Å². The van der Waals surface area contributed by atoms with Crippen molar-refractivity contribution in [2.75, 3.05) is 6.54 Å². The molecule has 1 aromatic rings. The normalized spacial score (nSPS) is 11.7. The van der Waals surface area contributed by atoms with Gasteiger partial charge in [-0.15, -0.1) is 0 Å². The number of pyridine rings is 1. The van der Waals surface area contributed by atoms with Gasteiger partial charge in [0, 0.05) is 18.4 Å². The Labute approximate surface area is 127 Å². The molecule has 0 saturated carbocycles. The number of hydrogen-bond donors (Lipinski definition) is 2. The van der Waals surface area contributed by atoms with Crippen LogP contribution in [0.4, 0.5) is 0 Å². The minimum absolute atomic E-state index is 0.101. The molecule has 1 amide bonds. The van der Waals surface area contributed by atoms with E-state index in [0.29, 0.717) is 17.0 Å². The fourth-order valence-corrected chi connectivity index (χ4v) is 2.04. The van der Waals surface area contributed by atoms with Crippen LogP contribution in [0.2, 0.25) is 0 Å². The maximum Gasteiger partial charge on any atom is 0.252 e. The summed E-state index contributed by atoms with van der Waals surface area (Å²) in [7, 11) is 0. The Hall–Kier alpha value is -1.86. The van der Waals surface area contributed by atoms with E-state index in [2.05, 4.69) is 36.0 Å². The number of carbonyl (C=O) groups is 1. The van der Waals surface area contributed by atoms with Crippen LogP contribution in [0.3, 0.4) is 0 Å². The zero-order valence-corrected chi connectivity index (χ0v) is 13.1. The largest absolute Gasteiger partial charge is 0.350 e. The third-order valence-electron chi connectivity index (χ3n) is 3.19. The zero-order valence-electron chi connectivity index (χ0n) is 13.1. The maximum absolute atomic E-state index is 12.3. The molecule has 0 spiro atoms. The lowest BCUT2D eigenvalue weighted by Crippen LogP contribution is -2.33. The zero-order chi connectivity index (χ0) is 15.7. The molecular formula is C17H25N3O. The van der Waals surface area contributed by atoms with Crippen LogP contribution in [-0.2, 0) is 0 Å². The first kappa shape index (κ1) is 17.2. The lowest BCUT2D eigenvalue weighted by atomic mass is 10.0. The lowest BCUT2D eigenvalue weighted by molar-refractivity contribution is 0.0937. The summed E-state index contributed by atoms with van der Waals surface area (Å²) in [6.07, 6.45) is 6.49. The summed E-state index contributed by atoms with van der Waals surface area (Å²) >= 11 is 0. The van der Waals surface area contributed by atoms with Gasteiger partial charge in [-0.1, -0.05) is 38.5 Å². The van der Waals surface area contributed by atoms with Gasteiger partial charge in [-0.25, -0.2) is 0 Å². The first-order valence-electron chi connectivity index (χ1n) is 7.48. The number of nitrogens with two attached hydrogens (primary N) is 1. The van der Waals surface area contributed by atoms with Crippen LogP contribution < -0.4 is 11.1 Å². The monoisotopic (exact) mass is 287 g/mol. The van der Waals surface area contributed by atoms with Crippen LogP contribution in [0.5, 0.6) is 0 Å². The van der Waals surface area contributed by atoms with Gasteiger partial charge >= 0.3 is 0 Å². The molecule has 0 aliphatic heterocycles. The van der Waals surface area contributed by atoms with Gasteiger partial charge in [0.2, 0.25) is 0 Å². The van der Waals surface area contributed by atoms with Gasteiger partial charge < -0.3 is 11.1 Å². The van der Waals surface area contributed by atoms with E-state index in [1.807, 2.05) is 6.92 Å². The number of nitrogens with zero attached hydrogens (tertiary/aromatic N) is 1. The predicted molar refractivity (Wildman–Crippen MR) is 85.8 cm³/mol. The molecule has 1 aromatic heterocycles. The Morgan fingerprint density at radius 3 is 2.81 bits per heavy atom. The minimum atomic E-state index is -0.101. The molecule has 0 saturated heterocycles. The van der Waals surface area contributed by atoms with Crippen molar-refractivity contribution in [1.82, 2.24) is 10.3 Å². The van der Waals surface area contributed by atoms with Crippen LogP contribution in [0.1, 0.15) is 56.0 Å². The number of aromatic nitrogens is 1. The van der Waals surface area contributed by atoms with Crippen molar-refractivity contribution in [2.24, 2.45) is 11.7 Å². The predicted octanol–water partition coefficient (Wildman–Crippen LogP) is 2.34. The molecule has 1 heterocycles. The molecular weight excluding hydrogens is 262 g/mol. The fourth-order valence-electron chi connectivity index (χ4n) is 2.04. The minimum Gasteiger partial charge on any atom is -0.350 e. The summed E-state index contributed by atoms with van der Waals surface area (Å²) in [5, 5.41) is 3.02. The molecule has 1 atom stereocenters. The summed E-state index contributed by atoms with van der Waals surface area (Å²) in [5.74, 6) is 6.24. The van der Waals surface area contributed by atoms with Gasteiger partial charge in [0.05, 0.1) is 17.7 Å². The fraction of sp³-hybridized carbons (Fsp3) is 0.529. The average molecular weight is 287 g/mol. The van der Waals surface area contributed by atoms with E-state index in [1.165, 1.54) is 6.42 Å². The number of amides is 1. The van der Waals surface area contributed by atoms with Crippen molar-refractivity contribution in [3.63, 3.8) is 0 Å². The molecule has 0 fully saturated rings. The Balaban J connectivity index is 2.63. The van der Waals surface area contributed by atoms with E-state index in [4.69, 9.17) is 5.73 Å². The first-order chi connectivity index (χ1) is 10.0. The van der Waals surface area contributed by atoms with Gasteiger partial charge in [0.15, 0.2) is 0 Å². The van der Waals surface area contributed by atoms with Crippen LogP contribution in [-0.4, -0.2) is 23.5 Å². The van der Waals surface area contributed by atoms with E-state index < -0.39 is 0 Å². The molecule has 0 radical (unpaired) electrons. The van der Waals surface area contributed by atoms with Gasteiger partial charge in [-0.3, -0.25) is 9.78 Å². The van der Waals surface area contributed by atoms with Crippen molar-refractivity contribution in [2.45, 2.75) is 46.1 Å². The van der Waals surface area contributed by atoms with E-state index in [-0.39, 0.29) is 18.5 Å². The highest BCUT2D eigenvalue weighted by molar-refractivity contribution is 5.96. The van der Waals surface area contributed by atoms with Crippen molar-refractivity contribution in [3.8, 4) is 11.8 Å². The summed E-state index contributed by atoms with van der Waals surface area (Å²) < 4.78 is 0. The van der Waals surface area contributed by atoms with Crippen LogP contribution in [0.25, 0.3) is 0 Å². The molecule has 0 aliphatic rings. The van der Waals surface area contributed by atoms with E-state index in [0.717, 1.165) is 12.8 Å². The van der Waals surface area contributed by atoms with E-state index in [1.54, 1.807) is 18.5 Å². The van der Waals surface area contributed by atoms with Gasteiger partial charge in [0.1, 0.15) is 0 Å². The Bertz CT molecular complexity index is 514. The third kappa shape index (κ3) is 6.42. The molecule has 1 rings (SSSR count). The summed E-state index contributed by atoms with van der Waals surface area (Å²) in [6.45, 7) is 6.72. The molecule has 0 aliphatic carbocycles. The highest BCUT2D eigenvalue weighted by Crippen LogP contribution is 2.10. The lowest BCUT2D eigenvalue weighted by Gasteiger charge is -2.15. The van der Waals surface area contributed by atoms with Crippen molar-refractivity contribution in [1.29, 1.82) is 0 Å². The van der Waals surface area contributed by atoms with Gasteiger partial charge in [0.25, 0.3) is 5.91 Å². The molecule has 4 heteroatoms. The van der Waals surface area contributed by atoms with Gasteiger partial charge in [-0.05, 0) is 25.3 Å². The highest BCUT2D eigenvalue weighted by Gasteiger charge is 2.13. The second-order valence-electron chi connectivity index (χ2n) is 5.63. The average Bonchev–Trinajstić information content (AvgIpc) is 2.44. The van der Waals surface area contributed by atoms with E-state index in [9.17, 15) is 4.79 Å². The molecule has 0 bridgehead atoms. The Morgan fingerprint density at radius 2 is 2.14 bits per heavy atom. The summed E-state index contributed by atoms with van der Waals surface area (Å²) in [4.78, 5) is 16.3. The molecule has 4 nitrogen and oxygen atoms in total. The summed E-state index contributed by atoms with van der Waals surface area (Å²) in [5.41, 5.74) is 6.55. The molecule has 1 unspecified atom stereocenters. The number of carbonyl (C=O) groups excluding carboxylic acids is 1. The third-order valence-corrected chi connectivity index (χ3v) is 3.19. The molecule has 114 valence electrons. The smallest absolute Gasteiger partial charge is 0.252 e. The Kier molecular flexibility index (Phi) is 7.49. The standard InChI is InChI=1S/C17H25N3O/c1-13(2)6-4-7-14(3)20-17(21)16-9-11-19-12-15(16)8-5-10-18/h9,11-14H,4,6-7,10,18H2,1-3H3,(H,20,21). The maximum atomic E-state index is 12.3. The van der Waals surface area contributed by atoms with Gasteiger partial charge in [-0.2, -0.15) is 0 Å². The van der Waals surface area contributed by atoms with Crippen molar-refractivity contribution < 1.29 is 4.79 Å². The van der Waals surface area contributed by atoms with Crippen LogP contribution >= 0.6 is 0 Å². The van der Waals surface area contributed by atoms with Crippen molar-refractivity contribution in [3.05, 3.63) is 29.6 Å². The molecule has 0 aromatic carbocycles. The highest BCUT2D eigenvalue weighted by atomic mass is 16.1. The van der Waals surface area contributed by atoms with Crippen molar-refractivity contribution >= 4 is 5.91 Å². The Morgan fingerprint density at radius 1 is 1.38 bits per heavy atom. The second-order valence-corrected chi connectivity index (χ2v) is 5.63. The second kappa shape index (κ2) is 9.15.